The topological polar surface area (TPSA) is 86.8 Å². The van der Waals surface area contributed by atoms with Crippen LogP contribution in [0.3, 0.4) is 0 Å². The summed E-state index contributed by atoms with van der Waals surface area (Å²) in [6.45, 7) is 7.96. The number of sulfonamides is 1. The minimum absolute atomic E-state index is 0.00649. The second-order valence-corrected chi connectivity index (χ2v) is 11.7. The van der Waals surface area contributed by atoms with E-state index in [1.54, 1.807) is 24.0 Å². The predicted molar refractivity (Wildman–Crippen MR) is 145 cm³/mol. The van der Waals surface area contributed by atoms with Crippen LogP contribution in [0.4, 0.5) is 5.69 Å². The fraction of sp³-hybridized carbons (Fsp3) is 0.462. The first-order valence-corrected chi connectivity index (χ1v) is 14.5. The highest BCUT2D eigenvalue weighted by atomic mass is 79.9. The normalized spacial score (nSPS) is 13.1. The number of carbonyl (C=O) groups is 2. The fourth-order valence-corrected chi connectivity index (χ4v) is 4.95. The molecule has 192 valence electrons. The summed E-state index contributed by atoms with van der Waals surface area (Å²) in [5.74, 6) is -0.402. The Hall–Kier alpha value is -2.39. The Morgan fingerprint density at radius 1 is 1.06 bits per heavy atom. The molecular formula is C26H36BrN3O4S. The highest BCUT2D eigenvalue weighted by molar-refractivity contribution is 9.10. The molecule has 0 saturated carbocycles. The number of halogens is 1. The summed E-state index contributed by atoms with van der Waals surface area (Å²) < 4.78 is 27.2. The monoisotopic (exact) mass is 565 g/mol. The van der Waals surface area contributed by atoms with Crippen LogP contribution in [-0.2, 0) is 26.2 Å². The molecule has 0 radical (unpaired) electrons. The molecule has 2 amide bonds. The van der Waals surface area contributed by atoms with Crippen molar-refractivity contribution < 1.29 is 18.0 Å². The maximum atomic E-state index is 13.3. The van der Waals surface area contributed by atoms with Gasteiger partial charge in [0.1, 0.15) is 6.04 Å². The van der Waals surface area contributed by atoms with Gasteiger partial charge < -0.3 is 10.2 Å². The van der Waals surface area contributed by atoms with Gasteiger partial charge in [0.25, 0.3) is 0 Å². The van der Waals surface area contributed by atoms with Gasteiger partial charge in [-0.25, -0.2) is 8.42 Å². The number of hydrogen-bond acceptors (Lipinski definition) is 4. The van der Waals surface area contributed by atoms with Crippen molar-refractivity contribution in [2.45, 2.75) is 65.6 Å². The van der Waals surface area contributed by atoms with E-state index in [1.165, 1.54) is 10.6 Å². The van der Waals surface area contributed by atoms with E-state index in [9.17, 15) is 18.0 Å². The van der Waals surface area contributed by atoms with Gasteiger partial charge in [-0.3, -0.25) is 13.9 Å². The molecule has 0 saturated heterocycles. The average molecular weight is 567 g/mol. The number of anilines is 1. The third-order valence-corrected chi connectivity index (χ3v) is 7.68. The maximum Gasteiger partial charge on any atom is 0.242 e. The van der Waals surface area contributed by atoms with E-state index >= 15 is 0 Å². The van der Waals surface area contributed by atoms with E-state index in [1.807, 2.05) is 57.2 Å². The van der Waals surface area contributed by atoms with Crippen LogP contribution < -0.4 is 9.62 Å². The van der Waals surface area contributed by atoms with E-state index in [4.69, 9.17) is 0 Å². The van der Waals surface area contributed by atoms with Crippen LogP contribution in [0.25, 0.3) is 0 Å². The molecule has 0 aliphatic carbocycles. The summed E-state index contributed by atoms with van der Waals surface area (Å²) in [4.78, 5) is 27.7. The number of amides is 2. The zero-order valence-corrected chi connectivity index (χ0v) is 23.5. The lowest BCUT2D eigenvalue weighted by Gasteiger charge is -2.30. The van der Waals surface area contributed by atoms with Crippen LogP contribution in [-0.4, -0.2) is 50.0 Å². The Kier molecular flexibility index (Phi) is 10.8. The number of rotatable bonds is 12. The van der Waals surface area contributed by atoms with Gasteiger partial charge in [-0.05, 0) is 62.9 Å². The zero-order valence-electron chi connectivity index (χ0n) is 21.1. The molecule has 0 heterocycles. The first kappa shape index (κ1) is 28.8. The van der Waals surface area contributed by atoms with Crippen LogP contribution in [0.15, 0.2) is 53.0 Å². The molecule has 0 aliphatic rings. The third kappa shape index (κ3) is 8.65. The number of hydrogen-bond donors (Lipinski definition) is 1. The van der Waals surface area contributed by atoms with Crippen molar-refractivity contribution >= 4 is 43.5 Å². The lowest BCUT2D eigenvalue weighted by Crippen LogP contribution is -2.49. The molecule has 0 unspecified atom stereocenters. The van der Waals surface area contributed by atoms with Crippen molar-refractivity contribution in [3.8, 4) is 0 Å². The van der Waals surface area contributed by atoms with Gasteiger partial charge in [0.15, 0.2) is 0 Å². The number of nitrogens with zero attached hydrogens (tertiary/aromatic N) is 2. The van der Waals surface area contributed by atoms with Crippen LogP contribution >= 0.6 is 15.9 Å². The summed E-state index contributed by atoms with van der Waals surface area (Å²) >= 11 is 3.42. The minimum Gasteiger partial charge on any atom is -0.352 e. The van der Waals surface area contributed by atoms with Gasteiger partial charge in [-0.1, -0.05) is 53.2 Å². The first-order chi connectivity index (χ1) is 16.4. The average Bonchev–Trinajstić information content (AvgIpc) is 2.80. The van der Waals surface area contributed by atoms with Gasteiger partial charge in [0, 0.05) is 30.0 Å². The molecule has 0 aliphatic heterocycles. The van der Waals surface area contributed by atoms with Gasteiger partial charge in [0.05, 0.1) is 11.9 Å². The molecule has 0 bridgehead atoms. The second-order valence-electron chi connectivity index (χ2n) is 8.87. The molecule has 0 fully saturated rings. The number of nitrogens with one attached hydrogen (secondary N) is 1. The first-order valence-electron chi connectivity index (χ1n) is 11.8. The summed E-state index contributed by atoms with van der Waals surface area (Å²) in [6.07, 6.45) is 2.41. The fourth-order valence-electron chi connectivity index (χ4n) is 3.66. The molecule has 7 nitrogen and oxygen atoms in total. The minimum atomic E-state index is -3.52. The van der Waals surface area contributed by atoms with Crippen molar-refractivity contribution in [2.24, 2.45) is 0 Å². The van der Waals surface area contributed by atoms with E-state index in [0.717, 1.165) is 22.0 Å². The lowest BCUT2D eigenvalue weighted by molar-refractivity contribution is -0.140. The summed E-state index contributed by atoms with van der Waals surface area (Å²) in [5, 5.41) is 2.95. The van der Waals surface area contributed by atoms with Gasteiger partial charge in [0.2, 0.25) is 21.8 Å². The molecule has 9 heteroatoms. The molecule has 2 rings (SSSR count). The Morgan fingerprint density at radius 2 is 1.69 bits per heavy atom. The third-order valence-electron chi connectivity index (χ3n) is 5.97. The highest BCUT2D eigenvalue weighted by Crippen LogP contribution is 2.23. The zero-order chi connectivity index (χ0) is 26.2. The summed E-state index contributed by atoms with van der Waals surface area (Å²) in [5.41, 5.74) is 2.36. The van der Waals surface area contributed by atoms with Gasteiger partial charge in [-0.15, -0.1) is 0 Å². The Labute approximate surface area is 218 Å². The van der Waals surface area contributed by atoms with E-state index in [2.05, 4.69) is 21.2 Å². The number of benzene rings is 2. The quantitative estimate of drug-likeness (QED) is 0.406. The number of aryl methyl sites for hydroxylation is 1. The highest BCUT2D eigenvalue weighted by Gasteiger charge is 2.27. The van der Waals surface area contributed by atoms with Crippen LogP contribution in [0.1, 0.15) is 51.2 Å². The molecule has 35 heavy (non-hydrogen) atoms. The largest absolute Gasteiger partial charge is 0.352 e. The second kappa shape index (κ2) is 13.1. The molecule has 2 aromatic rings. The van der Waals surface area contributed by atoms with Crippen LogP contribution in [0, 0.1) is 6.92 Å². The van der Waals surface area contributed by atoms with E-state index in [-0.39, 0.29) is 37.4 Å². The molecule has 2 aromatic carbocycles. The molecule has 2 atom stereocenters. The smallest absolute Gasteiger partial charge is 0.242 e. The Balaban J connectivity index is 2.17. The van der Waals surface area contributed by atoms with Crippen molar-refractivity contribution in [3.63, 3.8) is 0 Å². The van der Waals surface area contributed by atoms with Crippen molar-refractivity contribution in [1.82, 2.24) is 10.2 Å². The molecule has 1 N–H and O–H groups in total. The summed E-state index contributed by atoms with van der Waals surface area (Å²) in [6, 6.07) is 14.2. The van der Waals surface area contributed by atoms with Crippen molar-refractivity contribution in [2.75, 3.05) is 17.1 Å². The van der Waals surface area contributed by atoms with Crippen LogP contribution in [0.2, 0.25) is 0 Å². The van der Waals surface area contributed by atoms with Gasteiger partial charge in [-0.2, -0.15) is 0 Å². The standard InChI is InChI=1S/C26H36BrN3O4S/c1-6-20(3)28-26(32)21(4)29(18-22-13-15-23(27)16-14-22)25(31)12-9-17-30(35(5,33)34)24-11-8-7-10-19(24)2/h7-8,10-11,13-16,20-21H,6,9,12,17-18H2,1-5H3,(H,28,32)/t20-,21+/m0/s1. The lowest BCUT2D eigenvalue weighted by atomic mass is 10.1. The van der Waals surface area contributed by atoms with Gasteiger partial charge >= 0.3 is 0 Å². The Morgan fingerprint density at radius 3 is 2.26 bits per heavy atom. The van der Waals surface area contributed by atoms with Crippen molar-refractivity contribution in [3.05, 3.63) is 64.1 Å². The summed E-state index contributed by atoms with van der Waals surface area (Å²) in [7, 11) is -3.52. The number of para-hydroxylation sites is 1. The number of carbonyl (C=O) groups excluding carboxylic acids is 2. The van der Waals surface area contributed by atoms with E-state index < -0.39 is 16.1 Å². The van der Waals surface area contributed by atoms with E-state index in [0.29, 0.717) is 12.1 Å². The Bertz CT molecular complexity index is 1110. The predicted octanol–water partition coefficient (Wildman–Crippen LogP) is 4.64. The maximum absolute atomic E-state index is 13.3. The van der Waals surface area contributed by atoms with Crippen LogP contribution in [0.5, 0.6) is 0 Å². The SMILES string of the molecule is CC[C@H](C)NC(=O)[C@@H](C)N(Cc1ccc(Br)cc1)C(=O)CCCN(c1ccccc1C)S(C)(=O)=O. The molecule has 0 spiro atoms. The molecular weight excluding hydrogens is 530 g/mol. The van der Waals surface area contributed by atoms with Crippen molar-refractivity contribution in [1.29, 1.82) is 0 Å². The molecule has 0 aromatic heterocycles.